The number of methoxy groups -OCH3 is 1. The number of ether oxygens (including phenoxy) is 1. The largest absolute Gasteiger partial charge is 0.469 e. The molecule has 106 valence electrons. The summed E-state index contributed by atoms with van der Waals surface area (Å²) in [5.41, 5.74) is -0.691. The van der Waals surface area contributed by atoms with Crippen molar-refractivity contribution in [2.24, 2.45) is 10.8 Å². The number of nitrogens with zero attached hydrogens (tertiary/aromatic N) is 1. The van der Waals surface area contributed by atoms with Gasteiger partial charge in [0.15, 0.2) is 9.84 Å². The van der Waals surface area contributed by atoms with Crippen molar-refractivity contribution in [2.45, 2.75) is 38.5 Å². The number of nitriles is 1. The Kier molecular flexibility index (Phi) is 3.61. The van der Waals surface area contributed by atoms with Gasteiger partial charge in [0, 0.05) is 6.42 Å². The van der Waals surface area contributed by atoms with Gasteiger partial charge in [0.05, 0.1) is 31.1 Å². The van der Waals surface area contributed by atoms with Gasteiger partial charge in [-0.05, 0) is 36.5 Å². The first-order chi connectivity index (χ1) is 8.84. The molecule has 2 rings (SSSR count). The monoisotopic (exact) mass is 285 g/mol. The summed E-state index contributed by atoms with van der Waals surface area (Å²) in [5, 5.41) is 8.73. The highest BCUT2D eigenvalue weighted by molar-refractivity contribution is 7.91. The fourth-order valence-electron chi connectivity index (χ4n) is 2.63. The summed E-state index contributed by atoms with van der Waals surface area (Å²) in [4.78, 5) is 11.3. The van der Waals surface area contributed by atoms with Gasteiger partial charge < -0.3 is 4.74 Å². The molecule has 0 radical (unpaired) electrons. The predicted octanol–water partition coefficient (Wildman–Crippen LogP) is 1.44. The Hall–Kier alpha value is -1.09. The van der Waals surface area contributed by atoms with Crippen LogP contribution in [0, 0.1) is 22.2 Å². The molecule has 0 aromatic heterocycles. The van der Waals surface area contributed by atoms with Crippen LogP contribution in [-0.4, -0.2) is 33.0 Å². The fourth-order valence-corrected chi connectivity index (χ4v) is 5.38. The quantitative estimate of drug-likeness (QED) is 0.661. The Bertz CT molecular complexity index is 509. The van der Waals surface area contributed by atoms with Crippen LogP contribution in [0.1, 0.15) is 38.5 Å². The summed E-state index contributed by atoms with van der Waals surface area (Å²) in [6.07, 6.45) is 3.69. The zero-order valence-corrected chi connectivity index (χ0v) is 12.0. The molecule has 19 heavy (non-hydrogen) atoms. The van der Waals surface area contributed by atoms with Gasteiger partial charge in [0.1, 0.15) is 0 Å². The molecule has 0 saturated heterocycles. The van der Waals surface area contributed by atoms with Crippen molar-refractivity contribution in [1.82, 2.24) is 0 Å². The Morgan fingerprint density at radius 1 is 1.21 bits per heavy atom. The summed E-state index contributed by atoms with van der Waals surface area (Å²) in [5.74, 6) is -0.190. The van der Waals surface area contributed by atoms with Crippen LogP contribution in [0.2, 0.25) is 0 Å². The van der Waals surface area contributed by atoms with E-state index in [2.05, 4.69) is 10.8 Å². The molecule has 2 saturated carbocycles. The molecule has 2 aliphatic carbocycles. The van der Waals surface area contributed by atoms with Crippen molar-refractivity contribution in [1.29, 1.82) is 5.26 Å². The number of esters is 1. The molecule has 0 bridgehead atoms. The van der Waals surface area contributed by atoms with Gasteiger partial charge in [0.2, 0.25) is 0 Å². The van der Waals surface area contributed by atoms with Gasteiger partial charge in [-0.3, -0.25) is 4.79 Å². The summed E-state index contributed by atoms with van der Waals surface area (Å²) in [6.45, 7) is 0. The van der Waals surface area contributed by atoms with Crippen LogP contribution in [0.25, 0.3) is 0 Å². The van der Waals surface area contributed by atoms with Crippen LogP contribution >= 0.6 is 0 Å². The van der Waals surface area contributed by atoms with Crippen molar-refractivity contribution in [2.75, 3.05) is 18.6 Å². The molecule has 0 N–H and O–H groups in total. The maximum Gasteiger partial charge on any atom is 0.306 e. The maximum absolute atomic E-state index is 12.2. The number of hydrogen-bond donors (Lipinski definition) is 0. The number of carbonyl (C=O) groups is 1. The molecular formula is C13H19NO4S. The van der Waals surface area contributed by atoms with Crippen LogP contribution in [0.4, 0.5) is 0 Å². The van der Waals surface area contributed by atoms with E-state index < -0.39 is 15.3 Å². The summed E-state index contributed by atoms with van der Waals surface area (Å²) in [6, 6.07) is 2.07. The highest BCUT2D eigenvalue weighted by Crippen LogP contribution is 2.53. The standard InChI is InChI=1S/C13H19NO4S/c1-18-11(15)8-13(4-5-13)10-19(16,17)9-12(2-3-12)6-7-14/h2-6,8-10H2,1H3. The van der Waals surface area contributed by atoms with E-state index in [0.29, 0.717) is 6.42 Å². The first-order valence-electron chi connectivity index (χ1n) is 6.49. The van der Waals surface area contributed by atoms with E-state index in [1.807, 2.05) is 0 Å². The molecule has 0 aromatic rings. The van der Waals surface area contributed by atoms with E-state index in [4.69, 9.17) is 5.26 Å². The molecule has 0 unspecified atom stereocenters. The third-order valence-electron chi connectivity index (χ3n) is 4.17. The second-order valence-corrected chi connectivity index (χ2v) is 8.18. The van der Waals surface area contributed by atoms with E-state index >= 15 is 0 Å². The molecule has 2 fully saturated rings. The number of carbonyl (C=O) groups excluding carboxylic acids is 1. The lowest BCUT2D eigenvalue weighted by atomic mass is 10.1. The van der Waals surface area contributed by atoms with Crippen molar-refractivity contribution >= 4 is 15.8 Å². The summed E-state index contributed by atoms with van der Waals surface area (Å²) < 4.78 is 29.1. The van der Waals surface area contributed by atoms with Crippen LogP contribution in [-0.2, 0) is 19.4 Å². The smallest absolute Gasteiger partial charge is 0.306 e. The van der Waals surface area contributed by atoms with Gasteiger partial charge in [0.25, 0.3) is 0 Å². The third kappa shape index (κ3) is 3.69. The zero-order chi connectivity index (χ0) is 14.1. The molecule has 0 spiro atoms. The van der Waals surface area contributed by atoms with Crippen molar-refractivity contribution in [3.63, 3.8) is 0 Å². The Morgan fingerprint density at radius 3 is 2.16 bits per heavy atom. The van der Waals surface area contributed by atoms with Crippen molar-refractivity contribution < 1.29 is 17.9 Å². The lowest BCUT2D eigenvalue weighted by Crippen LogP contribution is -2.26. The van der Waals surface area contributed by atoms with Crippen molar-refractivity contribution in [3.05, 3.63) is 0 Å². The van der Waals surface area contributed by atoms with E-state index in [0.717, 1.165) is 25.7 Å². The van der Waals surface area contributed by atoms with E-state index in [1.54, 1.807) is 0 Å². The normalized spacial score (nSPS) is 22.3. The minimum Gasteiger partial charge on any atom is -0.469 e. The topological polar surface area (TPSA) is 84.2 Å². The van der Waals surface area contributed by atoms with Gasteiger partial charge in [-0.15, -0.1) is 0 Å². The fraction of sp³-hybridized carbons (Fsp3) is 0.846. The second kappa shape index (κ2) is 4.78. The first kappa shape index (κ1) is 14.3. The van der Waals surface area contributed by atoms with E-state index in [1.165, 1.54) is 7.11 Å². The molecule has 0 atom stereocenters. The Morgan fingerprint density at radius 2 is 1.74 bits per heavy atom. The third-order valence-corrected chi connectivity index (χ3v) is 6.27. The highest BCUT2D eigenvalue weighted by Gasteiger charge is 2.51. The molecule has 0 aliphatic heterocycles. The van der Waals surface area contributed by atoms with Gasteiger partial charge >= 0.3 is 5.97 Å². The second-order valence-electron chi connectivity index (χ2n) is 6.12. The maximum atomic E-state index is 12.2. The molecule has 6 heteroatoms. The lowest BCUT2D eigenvalue weighted by Gasteiger charge is -2.17. The number of rotatable bonds is 7. The predicted molar refractivity (Wildman–Crippen MR) is 68.9 cm³/mol. The number of hydrogen-bond acceptors (Lipinski definition) is 5. The van der Waals surface area contributed by atoms with Crippen LogP contribution < -0.4 is 0 Å². The van der Waals surface area contributed by atoms with Gasteiger partial charge in [-0.1, -0.05) is 0 Å². The molecule has 0 heterocycles. The Balaban J connectivity index is 1.95. The van der Waals surface area contributed by atoms with Crippen LogP contribution in [0.3, 0.4) is 0 Å². The van der Waals surface area contributed by atoms with Gasteiger partial charge in [-0.2, -0.15) is 5.26 Å². The summed E-state index contributed by atoms with van der Waals surface area (Å²) in [7, 11) is -1.89. The lowest BCUT2D eigenvalue weighted by molar-refractivity contribution is -0.141. The zero-order valence-electron chi connectivity index (χ0n) is 11.1. The minimum atomic E-state index is -3.21. The molecule has 2 aliphatic rings. The average molecular weight is 285 g/mol. The molecule has 0 amide bonds. The molecule has 0 aromatic carbocycles. The van der Waals surface area contributed by atoms with Crippen LogP contribution in [0.15, 0.2) is 0 Å². The van der Waals surface area contributed by atoms with E-state index in [-0.39, 0.29) is 29.3 Å². The highest BCUT2D eigenvalue weighted by atomic mass is 32.2. The van der Waals surface area contributed by atoms with Crippen LogP contribution in [0.5, 0.6) is 0 Å². The molecule has 5 nitrogen and oxygen atoms in total. The minimum absolute atomic E-state index is 0.0578. The summed E-state index contributed by atoms with van der Waals surface area (Å²) >= 11 is 0. The number of sulfone groups is 1. The Labute approximate surface area is 113 Å². The van der Waals surface area contributed by atoms with Gasteiger partial charge in [-0.25, -0.2) is 8.42 Å². The SMILES string of the molecule is COC(=O)CC1(CS(=O)(=O)CC2(CC#N)CC2)CC1. The molecular weight excluding hydrogens is 266 g/mol. The average Bonchev–Trinajstić information content (AvgIpc) is 3.19. The first-order valence-corrected chi connectivity index (χ1v) is 8.31. The van der Waals surface area contributed by atoms with Crippen molar-refractivity contribution in [3.8, 4) is 6.07 Å². The van der Waals surface area contributed by atoms with E-state index in [9.17, 15) is 13.2 Å².